The Bertz CT molecular complexity index is 646. The summed E-state index contributed by atoms with van der Waals surface area (Å²) in [6.07, 6.45) is 0.797. The lowest BCUT2D eigenvalue weighted by molar-refractivity contribution is 0.930. The molecule has 1 aromatic heterocycles. The molecule has 2 rings (SSSR count). The zero-order valence-electron chi connectivity index (χ0n) is 12.3. The molecule has 0 atom stereocenters. The van der Waals surface area contributed by atoms with Gasteiger partial charge in [-0.15, -0.1) is 0 Å². The van der Waals surface area contributed by atoms with Gasteiger partial charge in [-0.1, -0.05) is 18.5 Å². The molecule has 0 aliphatic carbocycles. The Morgan fingerprint density at radius 3 is 2.52 bits per heavy atom. The summed E-state index contributed by atoms with van der Waals surface area (Å²) in [6, 6.07) is 5.76. The minimum Gasteiger partial charge on any atom is -0.370 e. The molecule has 4 nitrogen and oxygen atoms in total. The molecule has 21 heavy (non-hydrogen) atoms. The molecular weight excluding hydrogens is 399 g/mol. The Morgan fingerprint density at radius 2 is 1.90 bits per heavy atom. The molecule has 0 amide bonds. The van der Waals surface area contributed by atoms with Gasteiger partial charge in [-0.2, -0.15) is 0 Å². The van der Waals surface area contributed by atoms with Gasteiger partial charge in [0, 0.05) is 27.1 Å². The van der Waals surface area contributed by atoms with Gasteiger partial charge >= 0.3 is 0 Å². The van der Waals surface area contributed by atoms with Crippen LogP contribution in [0.15, 0.2) is 18.2 Å². The highest BCUT2D eigenvalue weighted by atomic mass is 127. The highest BCUT2D eigenvalue weighted by molar-refractivity contribution is 14.1. The van der Waals surface area contributed by atoms with E-state index in [2.05, 4.69) is 57.0 Å². The standard InChI is InChI=1S/C15H18ClIN4/c1-4-13-20-14(18-5-2)9(3)15(21-13)19-12-7-6-10(16)8-11(12)17/h6-8H,4-5H2,1-3H3,(H2,18,19,20,21). The number of halogens is 2. The van der Waals surface area contributed by atoms with E-state index in [0.717, 1.165) is 50.3 Å². The van der Waals surface area contributed by atoms with Crippen molar-refractivity contribution in [2.24, 2.45) is 0 Å². The van der Waals surface area contributed by atoms with Crippen molar-refractivity contribution in [3.05, 3.63) is 38.2 Å². The third-order valence-electron chi connectivity index (χ3n) is 3.04. The summed E-state index contributed by atoms with van der Waals surface area (Å²) in [5, 5.41) is 7.40. The van der Waals surface area contributed by atoms with Crippen molar-refractivity contribution < 1.29 is 0 Å². The molecule has 6 heteroatoms. The van der Waals surface area contributed by atoms with E-state index in [9.17, 15) is 0 Å². The zero-order valence-corrected chi connectivity index (χ0v) is 15.2. The molecule has 2 N–H and O–H groups in total. The van der Waals surface area contributed by atoms with Gasteiger partial charge in [-0.05, 0) is 54.6 Å². The van der Waals surface area contributed by atoms with Crippen molar-refractivity contribution in [1.29, 1.82) is 0 Å². The quantitative estimate of drug-likeness (QED) is 0.689. The average Bonchev–Trinajstić information content (AvgIpc) is 2.46. The van der Waals surface area contributed by atoms with Crippen LogP contribution in [0.5, 0.6) is 0 Å². The maximum absolute atomic E-state index is 6.00. The topological polar surface area (TPSA) is 49.8 Å². The number of nitrogens with zero attached hydrogens (tertiary/aromatic N) is 2. The summed E-state index contributed by atoms with van der Waals surface area (Å²) >= 11 is 8.26. The van der Waals surface area contributed by atoms with Gasteiger partial charge in [0.1, 0.15) is 17.5 Å². The summed E-state index contributed by atoms with van der Waals surface area (Å²) in [7, 11) is 0. The molecule has 1 aromatic carbocycles. The van der Waals surface area contributed by atoms with Crippen molar-refractivity contribution >= 4 is 51.5 Å². The van der Waals surface area contributed by atoms with Crippen LogP contribution in [0.4, 0.5) is 17.3 Å². The van der Waals surface area contributed by atoms with Crippen LogP contribution in [0.3, 0.4) is 0 Å². The molecule has 1 heterocycles. The predicted octanol–water partition coefficient (Wildman–Crippen LogP) is 4.78. The molecular formula is C15H18ClIN4. The fourth-order valence-electron chi connectivity index (χ4n) is 1.90. The largest absolute Gasteiger partial charge is 0.370 e. The molecule has 0 saturated carbocycles. The minimum absolute atomic E-state index is 0.729. The number of aryl methyl sites for hydroxylation is 1. The van der Waals surface area contributed by atoms with E-state index in [1.807, 2.05) is 25.1 Å². The molecule has 0 unspecified atom stereocenters. The molecule has 0 aliphatic heterocycles. The van der Waals surface area contributed by atoms with E-state index in [-0.39, 0.29) is 0 Å². The average molecular weight is 417 g/mol. The van der Waals surface area contributed by atoms with E-state index in [1.54, 1.807) is 0 Å². The van der Waals surface area contributed by atoms with Gasteiger partial charge in [0.15, 0.2) is 0 Å². The Hall–Kier alpha value is -1.08. The smallest absolute Gasteiger partial charge is 0.139 e. The van der Waals surface area contributed by atoms with Crippen molar-refractivity contribution in [3.8, 4) is 0 Å². The number of hydrogen-bond donors (Lipinski definition) is 2. The maximum atomic E-state index is 6.00. The second-order valence-electron chi connectivity index (χ2n) is 4.60. The SMILES string of the molecule is CCNc1nc(CC)nc(Nc2ccc(Cl)cc2I)c1C. The van der Waals surface area contributed by atoms with Crippen molar-refractivity contribution in [2.75, 3.05) is 17.2 Å². The lowest BCUT2D eigenvalue weighted by Crippen LogP contribution is -2.09. The van der Waals surface area contributed by atoms with Crippen molar-refractivity contribution in [3.63, 3.8) is 0 Å². The lowest BCUT2D eigenvalue weighted by Gasteiger charge is -2.15. The molecule has 0 radical (unpaired) electrons. The maximum Gasteiger partial charge on any atom is 0.139 e. The van der Waals surface area contributed by atoms with E-state index < -0.39 is 0 Å². The lowest BCUT2D eigenvalue weighted by atomic mass is 10.2. The van der Waals surface area contributed by atoms with Gasteiger partial charge in [0.05, 0.1) is 5.69 Å². The normalized spacial score (nSPS) is 10.5. The molecule has 0 saturated heterocycles. The monoisotopic (exact) mass is 416 g/mol. The Balaban J connectivity index is 2.40. The first-order chi connectivity index (χ1) is 10.0. The van der Waals surface area contributed by atoms with Crippen LogP contribution < -0.4 is 10.6 Å². The van der Waals surface area contributed by atoms with Gasteiger partial charge in [0.25, 0.3) is 0 Å². The molecule has 112 valence electrons. The highest BCUT2D eigenvalue weighted by Gasteiger charge is 2.11. The van der Waals surface area contributed by atoms with Crippen LogP contribution in [0.1, 0.15) is 25.2 Å². The first kappa shape index (κ1) is 16.3. The van der Waals surface area contributed by atoms with Gasteiger partial charge in [0.2, 0.25) is 0 Å². The zero-order chi connectivity index (χ0) is 15.4. The van der Waals surface area contributed by atoms with E-state index in [4.69, 9.17) is 11.6 Å². The number of aromatic nitrogens is 2. The Morgan fingerprint density at radius 1 is 1.19 bits per heavy atom. The van der Waals surface area contributed by atoms with E-state index in [1.165, 1.54) is 0 Å². The number of hydrogen-bond acceptors (Lipinski definition) is 4. The van der Waals surface area contributed by atoms with Crippen LogP contribution >= 0.6 is 34.2 Å². The van der Waals surface area contributed by atoms with E-state index >= 15 is 0 Å². The summed E-state index contributed by atoms with van der Waals surface area (Å²) in [6.45, 7) is 6.96. The number of rotatable bonds is 5. The molecule has 0 spiro atoms. The summed E-state index contributed by atoms with van der Waals surface area (Å²) in [5.74, 6) is 2.54. The third kappa shape index (κ3) is 3.97. The molecule has 2 aromatic rings. The minimum atomic E-state index is 0.729. The van der Waals surface area contributed by atoms with Crippen LogP contribution in [0, 0.1) is 10.5 Å². The highest BCUT2D eigenvalue weighted by Crippen LogP contribution is 2.28. The number of benzene rings is 1. The molecule has 0 bridgehead atoms. The van der Waals surface area contributed by atoms with Gasteiger partial charge < -0.3 is 10.6 Å². The van der Waals surface area contributed by atoms with Gasteiger partial charge in [-0.3, -0.25) is 0 Å². The second-order valence-corrected chi connectivity index (χ2v) is 6.19. The second kappa shape index (κ2) is 7.26. The van der Waals surface area contributed by atoms with Crippen LogP contribution in [-0.4, -0.2) is 16.5 Å². The van der Waals surface area contributed by atoms with Crippen molar-refractivity contribution in [2.45, 2.75) is 27.2 Å². The summed E-state index contributed by atoms with van der Waals surface area (Å²) in [5.41, 5.74) is 2.01. The Kier molecular flexibility index (Phi) is 5.64. The first-order valence-electron chi connectivity index (χ1n) is 6.88. The van der Waals surface area contributed by atoms with Crippen molar-refractivity contribution in [1.82, 2.24) is 9.97 Å². The predicted molar refractivity (Wildman–Crippen MR) is 97.8 cm³/mol. The Labute approximate surface area is 143 Å². The fraction of sp³-hybridized carbons (Fsp3) is 0.333. The molecule has 0 fully saturated rings. The number of nitrogens with one attached hydrogen (secondary N) is 2. The van der Waals surface area contributed by atoms with E-state index in [0.29, 0.717) is 0 Å². The van der Waals surface area contributed by atoms with Crippen LogP contribution in [0.2, 0.25) is 5.02 Å². The van der Waals surface area contributed by atoms with Gasteiger partial charge in [-0.25, -0.2) is 9.97 Å². The van der Waals surface area contributed by atoms with Crippen LogP contribution in [0.25, 0.3) is 0 Å². The first-order valence-corrected chi connectivity index (χ1v) is 8.34. The fourth-order valence-corrected chi connectivity index (χ4v) is 2.91. The third-order valence-corrected chi connectivity index (χ3v) is 4.16. The summed E-state index contributed by atoms with van der Waals surface area (Å²) < 4.78 is 1.06. The molecule has 0 aliphatic rings. The van der Waals surface area contributed by atoms with Crippen LogP contribution in [-0.2, 0) is 6.42 Å². The summed E-state index contributed by atoms with van der Waals surface area (Å²) in [4.78, 5) is 9.13. The number of anilines is 3.